The summed E-state index contributed by atoms with van der Waals surface area (Å²) in [6.07, 6.45) is 0. The van der Waals surface area contributed by atoms with Crippen LogP contribution in [0.25, 0.3) is 0 Å². The van der Waals surface area contributed by atoms with Crippen LogP contribution in [0.4, 0.5) is 5.69 Å². The van der Waals surface area contributed by atoms with Crippen LogP contribution in [0, 0.1) is 6.92 Å². The largest absolute Gasteiger partial charge is 0.383 e. The molecular formula is C13H19ClN2O. The normalized spacial score (nSPS) is 20.6. The molecule has 1 fully saturated rings. The molecule has 0 saturated carbocycles. The number of nitrogens with zero attached hydrogens (tertiary/aromatic N) is 1. The summed E-state index contributed by atoms with van der Waals surface area (Å²) >= 11 is 6.00. The zero-order valence-corrected chi connectivity index (χ0v) is 11.1. The van der Waals surface area contributed by atoms with Gasteiger partial charge in [0, 0.05) is 37.5 Å². The van der Waals surface area contributed by atoms with E-state index in [0.29, 0.717) is 6.04 Å². The first kappa shape index (κ1) is 12.7. The van der Waals surface area contributed by atoms with E-state index in [1.165, 1.54) is 11.3 Å². The van der Waals surface area contributed by atoms with Crippen molar-refractivity contribution < 1.29 is 4.74 Å². The van der Waals surface area contributed by atoms with Gasteiger partial charge < -0.3 is 15.0 Å². The van der Waals surface area contributed by atoms with E-state index in [1.54, 1.807) is 7.11 Å². The molecule has 1 atom stereocenters. The van der Waals surface area contributed by atoms with Crippen molar-refractivity contribution in [3.05, 3.63) is 28.8 Å². The molecule has 1 aromatic carbocycles. The van der Waals surface area contributed by atoms with Crippen LogP contribution in [0.15, 0.2) is 18.2 Å². The SMILES string of the molecule is COCC1CNCCN1c1ccc(Cl)cc1C. The van der Waals surface area contributed by atoms with E-state index in [2.05, 4.69) is 23.2 Å². The average Bonchev–Trinajstić information content (AvgIpc) is 2.31. The third-order valence-corrected chi connectivity index (χ3v) is 3.41. The summed E-state index contributed by atoms with van der Waals surface area (Å²) in [7, 11) is 1.75. The molecule has 1 N–H and O–H groups in total. The monoisotopic (exact) mass is 254 g/mol. The highest BCUT2D eigenvalue weighted by molar-refractivity contribution is 6.30. The number of nitrogens with one attached hydrogen (secondary N) is 1. The summed E-state index contributed by atoms with van der Waals surface area (Å²) in [4.78, 5) is 2.41. The number of benzene rings is 1. The maximum absolute atomic E-state index is 6.00. The molecule has 4 heteroatoms. The molecule has 0 aromatic heterocycles. The highest BCUT2D eigenvalue weighted by Gasteiger charge is 2.23. The minimum absolute atomic E-state index is 0.397. The van der Waals surface area contributed by atoms with Crippen LogP contribution in [0.3, 0.4) is 0 Å². The van der Waals surface area contributed by atoms with Gasteiger partial charge in [0.05, 0.1) is 12.6 Å². The lowest BCUT2D eigenvalue weighted by atomic mass is 10.1. The van der Waals surface area contributed by atoms with Crippen molar-refractivity contribution in [1.82, 2.24) is 5.32 Å². The number of hydrogen-bond donors (Lipinski definition) is 1. The molecular weight excluding hydrogens is 236 g/mol. The Kier molecular flexibility index (Phi) is 4.26. The van der Waals surface area contributed by atoms with Gasteiger partial charge >= 0.3 is 0 Å². The molecule has 17 heavy (non-hydrogen) atoms. The van der Waals surface area contributed by atoms with Crippen molar-refractivity contribution >= 4 is 17.3 Å². The van der Waals surface area contributed by atoms with Crippen LogP contribution in [-0.2, 0) is 4.74 Å². The minimum atomic E-state index is 0.397. The van der Waals surface area contributed by atoms with E-state index in [0.717, 1.165) is 31.3 Å². The van der Waals surface area contributed by atoms with Crippen LogP contribution in [-0.4, -0.2) is 39.4 Å². The standard InChI is InChI=1S/C13H19ClN2O/c1-10-7-11(14)3-4-13(10)16-6-5-15-8-12(16)9-17-2/h3-4,7,12,15H,5-6,8-9H2,1-2H3. The Labute approximate surface area is 108 Å². The van der Waals surface area contributed by atoms with E-state index >= 15 is 0 Å². The van der Waals surface area contributed by atoms with Crippen LogP contribution in [0.5, 0.6) is 0 Å². The van der Waals surface area contributed by atoms with Gasteiger partial charge in [0.2, 0.25) is 0 Å². The summed E-state index contributed by atoms with van der Waals surface area (Å²) in [6.45, 7) is 5.84. The van der Waals surface area contributed by atoms with E-state index in [4.69, 9.17) is 16.3 Å². The van der Waals surface area contributed by atoms with Crippen LogP contribution in [0.2, 0.25) is 5.02 Å². The van der Waals surface area contributed by atoms with Crippen molar-refractivity contribution in [3.8, 4) is 0 Å². The van der Waals surface area contributed by atoms with Crippen molar-refractivity contribution in [2.24, 2.45) is 0 Å². The molecule has 3 nitrogen and oxygen atoms in total. The number of piperazine rings is 1. The third-order valence-electron chi connectivity index (χ3n) is 3.18. The zero-order valence-electron chi connectivity index (χ0n) is 10.4. The predicted octanol–water partition coefficient (Wildman–Crippen LogP) is 2.07. The Hall–Kier alpha value is -0.770. The lowest BCUT2D eigenvalue weighted by Crippen LogP contribution is -2.53. The Morgan fingerprint density at radius 1 is 1.53 bits per heavy atom. The van der Waals surface area contributed by atoms with E-state index in [9.17, 15) is 0 Å². The molecule has 1 aliphatic rings. The minimum Gasteiger partial charge on any atom is -0.383 e. The number of methoxy groups -OCH3 is 1. The van der Waals surface area contributed by atoms with Crippen molar-refractivity contribution in [2.75, 3.05) is 38.3 Å². The Morgan fingerprint density at radius 3 is 3.06 bits per heavy atom. The maximum atomic E-state index is 6.00. The van der Waals surface area contributed by atoms with Gasteiger partial charge in [0.1, 0.15) is 0 Å². The number of halogens is 1. The van der Waals surface area contributed by atoms with Crippen molar-refractivity contribution in [3.63, 3.8) is 0 Å². The molecule has 1 unspecified atom stereocenters. The average molecular weight is 255 g/mol. The number of rotatable bonds is 3. The van der Waals surface area contributed by atoms with E-state index in [-0.39, 0.29) is 0 Å². The van der Waals surface area contributed by atoms with Crippen molar-refractivity contribution in [1.29, 1.82) is 0 Å². The first-order valence-corrected chi connectivity index (χ1v) is 6.32. The van der Waals surface area contributed by atoms with Crippen molar-refractivity contribution in [2.45, 2.75) is 13.0 Å². The van der Waals surface area contributed by atoms with Crippen LogP contribution < -0.4 is 10.2 Å². The third kappa shape index (κ3) is 2.92. The molecule has 94 valence electrons. The number of hydrogen-bond acceptors (Lipinski definition) is 3. The fourth-order valence-electron chi connectivity index (χ4n) is 2.36. The first-order chi connectivity index (χ1) is 8.22. The zero-order chi connectivity index (χ0) is 12.3. The second-order valence-electron chi connectivity index (χ2n) is 4.44. The van der Waals surface area contributed by atoms with Gasteiger partial charge in [-0.25, -0.2) is 0 Å². The summed E-state index contributed by atoms with van der Waals surface area (Å²) in [5, 5.41) is 4.20. The molecule has 1 aromatic rings. The van der Waals surface area contributed by atoms with Gasteiger partial charge in [-0.3, -0.25) is 0 Å². The Morgan fingerprint density at radius 2 is 2.35 bits per heavy atom. The molecule has 1 heterocycles. The molecule has 0 amide bonds. The van der Waals surface area contributed by atoms with Gasteiger partial charge in [0.25, 0.3) is 0 Å². The second-order valence-corrected chi connectivity index (χ2v) is 4.87. The summed E-state index contributed by atoms with van der Waals surface area (Å²) in [5.41, 5.74) is 2.48. The predicted molar refractivity (Wildman–Crippen MR) is 72.1 cm³/mol. The quantitative estimate of drug-likeness (QED) is 0.894. The fourth-order valence-corrected chi connectivity index (χ4v) is 2.59. The van der Waals surface area contributed by atoms with Gasteiger partial charge in [-0.1, -0.05) is 11.6 Å². The Balaban J connectivity index is 2.23. The number of ether oxygens (including phenoxy) is 1. The first-order valence-electron chi connectivity index (χ1n) is 5.95. The molecule has 0 spiro atoms. The molecule has 0 bridgehead atoms. The second kappa shape index (κ2) is 5.71. The topological polar surface area (TPSA) is 24.5 Å². The Bertz CT molecular complexity index is 382. The van der Waals surface area contributed by atoms with Gasteiger partial charge in [-0.05, 0) is 30.7 Å². The summed E-state index contributed by atoms with van der Waals surface area (Å²) in [5.74, 6) is 0. The van der Waals surface area contributed by atoms with Gasteiger partial charge in [-0.15, -0.1) is 0 Å². The molecule has 2 rings (SSSR count). The number of anilines is 1. The van der Waals surface area contributed by atoms with E-state index < -0.39 is 0 Å². The van der Waals surface area contributed by atoms with E-state index in [1.807, 2.05) is 12.1 Å². The van der Waals surface area contributed by atoms with Gasteiger partial charge in [-0.2, -0.15) is 0 Å². The summed E-state index contributed by atoms with van der Waals surface area (Å²) < 4.78 is 5.29. The highest BCUT2D eigenvalue weighted by Crippen LogP contribution is 2.25. The lowest BCUT2D eigenvalue weighted by Gasteiger charge is -2.38. The van der Waals surface area contributed by atoms with Crippen LogP contribution in [0.1, 0.15) is 5.56 Å². The smallest absolute Gasteiger partial charge is 0.0678 e. The maximum Gasteiger partial charge on any atom is 0.0678 e. The lowest BCUT2D eigenvalue weighted by molar-refractivity contribution is 0.170. The number of aryl methyl sites for hydroxylation is 1. The highest BCUT2D eigenvalue weighted by atomic mass is 35.5. The fraction of sp³-hybridized carbons (Fsp3) is 0.538. The molecule has 0 radical (unpaired) electrons. The van der Waals surface area contributed by atoms with Crippen LogP contribution >= 0.6 is 11.6 Å². The van der Waals surface area contributed by atoms with Gasteiger partial charge in [0.15, 0.2) is 0 Å². The molecule has 1 aliphatic heterocycles. The molecule has 0 aliphatic carbocycles. The summed E-state index contributed by atoms with van der Waals surface area (Å²) in [6, 6.07) is 6.47. The molecule has 1 saturated heterocycles.